The first-order chi connectivity index (χ1) is 8.45. The number of hydrogen-bond acceptors (Lipinski definition) is 3. The average Bonchev–Trinajstić information content (AvgIpc) is 2.28. The van der Waals surface area contributed by atoms with Gasteiger partial charge >= 0.3 is 6.18 Å². The summed E-state index contributed by atoms with van der Waals surface area (Å²) in [4.78, 5) is 3.85. The maximum atomic E-state index is 12.5. The van der Waals surface area contributed by atoms with E-state index in [1.54, 1.807) is 6.08 Å². The summed E-state index contributed by atoms with van der Waals surface area (Å²) in [7, 11) is 0. The molecule has 2 rings (SSSR count). The molecule has 1 aromatic heterocycles. The van der Waals surface area contributed by atoms with Gasteiger partial charge in [-0.25, -0.2) is 4.98 Å². The molecule has 2 heterocycles. The van der Waals surface area contributed by atoms with Crippen LogP contribution in [0, 0.1) is 6.20 Å². The number of anilines is 1. The van der Waals surface area contributed by atoms with Gasteiger partial charge in [-0.15, -0.1) is 0 Å². The third kappa shape index (κ3) is 3.03. The predicted octanol–water partition coefficient (Wildman–Crippen LogP) is 2.70. The van der Waals surface area contributed by atoms with Gasteiger partial charge in [0.1, 0.15) is 12.0 Å². The van der Waals surface area contributed by atoms with Crippen LogP contribution in [0.3, 0.4) is 0 Å². The molecule has 0 bridgehead atoms. The van der Waals surface area contributed by atoms with Crippen LogP contribution in [-0.2, 0) is 6.18 Å². The van der Waals surface area contributed by atoms with Crippen LogP contribution in [0.1, 0.15) is 12.5 Å². The number of nitrogens with one attached hydrogen (secondary N) is 2. The van der Waals surface area contributed by atoms with Crippen molar-refractivity contribution in [2.45, 2.75) is 19.3 Å². The quantitative estimate of drug-likeness (QED) is 0.852. The molecule has 0 aromatic carbocycles. The highest BCUT2D eigenvalue weighted by atomic mass is 19.4. The summed E-state index contributed by atoms with van der Waals surface area (Å²) in [6.07, 6.45) is 2.82. The van der Waals surface area contributed by atoms with Gasteiger partial charge in [0.2, 0.25) is 0 Å². The Labute approximate surface area is 102 Å². The van der Waals surface area contributed by atoms with Crippen LogP contribution in [0.15, 0.2) is 36.1 Å². The normalized spacial score (nSPS) is 19.1. The van der Waals surface area contributed by atoms with Gasteiger partial charge in [-0.05, 0) is 36.8 Å². The summed E-state index contributed by atoms with van der Waals surface area (Å²) in [5.74, 6) is 0.162. The van der Waals surface area contributed by atoms with E-state index in [0.29, 0.717) is 0 Å². The molecular weight excluding hydrogens is 243 g/mol. The van der Waals surface area contributed by atoms with E-state index in [0.717, 1.165) is 23.9 Å². The number of rotatable bonds is 2. The lowest BCUT2D eigenvalue weighted by molar-refractivity contribution is -0.137. The van der Waals surface area contributed by atoms with E-state index in [1.807, 2.05) is 13.0 Å². The number of halogens is 3. The molecule has 1 aliphatic rings. The average molecular weight is 254 g/mol. The molecule has 1 atom stereocenters. The third-order valence-electron chi connectivity index (χ3n) is 2.36. The lowest BCUT2D eigenvalue weighted by atomic mass is 10.2. The van der Waals surface area contributed by atoms with Crippen molar-refractivity contribution in [3.8, 4) is 0 Å². The molecule has 1 aromatic rings. The van der Waals surface area contributed by atoms with E-state index in [2.05, 4.69) is 21.8 Å². The Morgan fingerprint density at radius 3 is 2.89 bits per heavy atom. The molecule has 0 amide bonds. The zero-order valence-electron chi connectivity index (χ0n) is 9.55. The van der Waals surface area contributed by atoms with Gasteiger partial charge in [0.15, 0.2) is 0 Å². The zero-order chi connectivity index (χ0) is 13.2. The van der Waals surface area contributed by atoms with E-state index in [-0.39, 0.29) is 12.0 Å². The fourth-order valence-corrected chi connectivity index (χ4v) is 1.52. The van der Waals surface area contributed by atoms with E-state index in [9.17, 15) is 13.2 Å². The van der Waals surface area contributed by atoms with E-state index < -0.39 is 11.7 Å². The Morgan fingerprint density at radius 2 is 2.22 bits per heavy atom. The first kappa shape index (κ1) is 12.5. The highest BCUT2D eigenvalue weighted by molar-refractivity contribution is 5.41. The number of nitrogens with zero attached hydrogens (tertiary/aromatic N) is 1. The Bertz CT molecular complexity index is 492. The van der Waals surface area contributed by atoms with Gasteiger partial charge in [0, 0.05) is 6.20 Å². The van der Waals surface area contributed by atoms with Crippen molar-refractivity contribution in [2.24, 2.45) is 0 Å². The second-order valence-electron chi connectivity index (χ2n) is 3.89. The van der Waals surface area contributed by atoms with Gasteiger partial charge in [0.05, 0.1) is 11.8 Å². The van der Waals surface area contributed by atoms with Crippen molar-refractivity contribution >= 4 is 5.82 Å². The number of aromatic nitrogens is 1. The van der Waals surface area contributed by atoms with Crippen molar-refractivity contribution < 1.29 is 13.2 Å². The largest absolute Gasteiger partial charge is 0.416 e. The van der Waals surface area contributed by atoms with Gasteiger partial charge in [0.25, 0.3) is 0 Å². The second-order valence-corrected chi connectivity index (χ2v) is 3.89. The lowest BCUT2D eigenvalue weighted by Gasteiger charge is -2.19. The molecule has 95 valence electrons. The molecule has 0 saturated heterocycles. The molecule has 0 fully saturated rings. The first-order valence-corrected chi connectivity index (χ1v) is 5.27. The SMILES string of the molecule is CC1=CC(Nc2cc(C(F)(F)F)ccn2)N[C]=C1. The standard InChI is InChI=1S/C12H11F3N3/c1-8-2-4-16-10(6-8)18-11-7-9(3-5-17-11)12(13,14)15/h2-3,5-7,10,16H,1H3,(H,17,18). The fourth-order valence-electron chi connectivity index (χ4n) is 1.52. The lowest BCUT2D eigenvalue weighted by Crippen LogP contribution is -2.33. The molecule has 0 spiro atoms. The van der Waals surface area contributed by atoms with Gasteiger partial charge < -0.3 is 10.6 Å². The van der Waals surface area contributed by atoms with E-state index >= 15 is 0 Å². The minimum absolute atomic E-state index is 0.162. The van der Waals surface area contributed by atoms with Gasteiger partial charge in [-0.2, -0.15) is 13.2 Å². The summed E-state index contributed by atoms with van der Waals surface area (Å²) in [5, 5.41) is 5.68. The highest BCUT2D eigenvalue weighted by Crippen LogP contribution is 2.29. The minimum atomic E-state index is -4.36. The number of dihydropyridines is 1. The Balaban J connectivity index is 2.13. The molecule has 3 nitrogen and oxygen atoms in total. The maximum Gasteiger partial charge on any atom is 0.416 e. The van der Waals surface area contributed by atoms with Crippen molar-refractivity contribution in [1.29, 1.82) is 0 Å². The number of pyridine rings is 1. The number of hydrogen-bond donors (Lipinski definition) is 2. The summed E-state index contributed by atoms with van der Waals surface area (Å²) in [5.41, 5.74) is 0.245. The third-order valence-corrected chi connectivity index (χ3v) is 2.36. The first-order valence-electron chi connectivity index (χ1n) is 5.27. The van der Waals surface area contributed by atoms with Crippen molar-refractivity contribution in [1.82, 2.24) is 10.3 Å². The molecule has 1 aliphatic heterocycles. The van der Waals surface area contributed by atoms with Crippen LogP contribution < -0.4 is 10.6 Å². The molecular formula is C12H11F3N3. The minimum Gasteiger partial charge on any atom is -0.360 e. The highest BCUT2D eigenvalue weighted by Gasteiger charge is 2.30. The van der Waals surface area contributed by atoms with Crippen molar-refractivity contribution in [3.63, 3.8) is 0 Å². The molecule has 1 radical (unpaired) electrons. The molecule has 0 aliphatic carbocycles. The van der Waals surface area contributed by atoms with Crippen LogP contribution in [0.2, 0.25) is 0 Å². The Kier molecular flexibility index (Phi) is 3.27. The van der Waals surface area contributed by atoms with E-state index in [4.69, 9.17) is 0 Å². The van der Waals surface area contributed by atoms with Gasteiger partial charge in [-0.3, -0.25) is 0 Å². The van der Waals surface area contributed by atoms with Crippen LogP contribution in [-0.4, -0.2) is 11.1 Å². The van der Waals surface area contributed by atoms with Gasteiger partial charge in [-0.1, -0.05) is 0 Å². The molecule has 6 heteroatoms. The van der Waals surface area contributed by atoms with Crippen molar-refractivity contribution in [3.05, 3.63) is 47.8 Å². The number of alkyl halides is 3. The van der Waals surface area contributed by atoms with E-state index in [1.165, 1.54) is 0 Å². The smallest absolute Gasteiger partial charge is 0.360 e. The fraction of sp³-hybridized carbons (Fsp3) is 0.250. The van der Waals surface area contributed by atoms with Crippen LogP contribution in [0.25, 0.3) is 0 Å². The maximum absolute atomic E-state index is 12.5. The van der Waals surface area contributed by atoms with Crippen LogP contribution >= 0.6 is 0 Å². The zero-order valence-corrected chi connectivity index (χ0v) is 9.55. The summed E-state index contributed by atoms with van der Waals surface area (Å²) < 4.78 is 37.5. The monoisotopic (exact) mass is 254 g/mol. The van der Waals surface area contributed by atoms with Crippen LogP contribution in [0.5, 0.6) is 0 Å². The number of allylic oxidation sites excluding steroid dienone is 2. The topological polar surface area (TPSA) is 37.0 Å². The molecule has 0 saturated carbocycles. The summed E-state index contributed by atoms with van der Waals surface area (Å²) in [6.45, 7) is 1.88. The molecule has 1 unspecified atom stereocenters. The summed E-state index contributed by atoms with van der Waals surface area (Å²) in [6, 6.07) is 1.91. The predicted molar refractivity (Wildman–Crippen MR) is 61.4 cm³/mol. The molecule has 18 heavy (non-hydrogen) atoms. The summed E-state index contributed by atoms with van der Waals surface area (Å²) >= 11 is 0. The molecule has 2 N–H and O–H groups in total. The second kappa shape index (κ2) is 4.72. The van der Waals surface area contributed by atoms with Crippen molar-refractivity contribution in [2.75, 3.05) is 5.32 Å². The van der Waals surface area contributed by atoms with Crippen LogP contribution in [0.4, 0.5) is 19.0 Å². The Morgan fingerprint density at radius 1 is 1.44 bits per heavy atom. The Hall–Kier alpha value is -1.98.